The molecule has 92 valence electrons. The van der Waals surface area contributed by atoms with Crippen molar-refractivity contribution in [2.75, 3.05) is 26.2 Å². The van der Waals surface area contributed by atoms with Crippen LogP contribution in [0, 0.1) is 5.92 Å². The minimum Gasteiger partial charge on any atom is -0.333 e. The lowest BCUT2D eigenvalue weighted by molar-refractivity contribution is 0.211. The van der Waals surface area contributed by atoms with Crippen molar-refractivity contribution in [1.29, 1.82) is 0 Å². The number of amides is 2. The zero-order valence-corrected chi connectivity index (χ0v) is 10.2. The van der Waals surface area contributed by atoms with E-state index < -0.39 is 0 Å². The molecule has 2 amide bonds. The summed E-state index contributed by atoms with van der Waals surface area (Å²) in [6, 6.07) is 0.507. The Kier molecular flexibility index (Phi) is 4.04. The zero-order chi connectivity index (χ0) is 11.4. The van der Waals surface area contributed by atoms with Gasteiger partial charge in [-0.25, -0.2) is 4.79 Å². The van der Waals surface area contributed by atoms with Gasteiger partial charge in [0.15, 0.2) is 0 Å². The van der Waals surface area contributed by atoms with Crippen LogP contribution in [0.2, 0.25) is 0 Å². The average Bonchev–Trinajstić information content (AvgIpc) is 2.69. The van der Waals surface area contributed by atoms with E-state index in [0.717, 1.165) is 38.4 Å². The molecule has 4 heteroatoms. The largest absolute Gasteiger partial charge is 0.333 e. The molecule has 0 bridgehead atoms. The monoisotopic (exact) mass is 225 g/mol. The summed E-state index contributed by atoms with van der Waals surface area (Å²) in [6.45, 7) is 6.24. The maximum atomic E-state index is 11.6. The molecule has 0 aromatic carbocycles. The van der Waals surface area contributed by atoms with Gasteiger partial charge in [0, 0.05) is 19.1 Å². The molecule has 0 radical (unpaired) electrons. The number of hydrogen-bond donors (Lipinski definition) is 2. The first kappa shape index (κ1) is 11.7. The topological polar surface area (TPSA) is 44.4 Å². The van der Waals surface area contributed by atoms with Gasteiger partial charge in [0.05, 0.1) is 0 Å². The van der Waals surface area contributed by atoms with E-state index in [4.69, 9.17) is 0 Å². The molecule has 2 fully saturated rings. The Morgan fingerprint density at radius 1 is 1.50 bits per heavy atom. The molecule has 16 heavy (non-hydrogen) atoms. The van der Waals surface area contributed by atoms with Crippen molar-refractivity contribution in [3.8, 4) is 0 Å². The van der Waals surface area contributed by atoms with E-state index in [1.54, 1.807) is 0 Å². The van der Waals surface area contributed by atoms with Gasteiger partial charge in [-0.2, -0.15) is 0 Å². The van der Waals surface area contributed by atoms with E-state index in [1.165, 1.54) is 19.4 Å². The lowest BCUT2D eigenvalue weighted by Gasteiger charge is -2.24. The number of piperidine rings is 1. The molecular formula is C12H23N3O. The SMILES string of the molecule is CCC1CN(CCC2CCCNC2)C(=O)N1. The summed E-state index contributed by atoms with van der Waals surface area (Å²) in [6.07, 6.45) is 4.79. The smallest absolute Gasteiger partial charge is 0.317 e. The molecule has 2 aliphatic heterocycles. The molecule has 2 unspecified atom stereocenters. The zero-order valence-electron chi connectivity index (χ0n) is 10.2. The summed E-state index contributed by atoms with van der Waals surface area (Å²) >= 11 is 0. The third-order valence-corrected chi connectivity index (χ3v) is 3.75. The van der Waals surface area contributed by atoms with E-state index in [2.05, 4.69) is 17.6 Å². The van der Waals surface area contributed by atoms with Crippen LogP contribution >= 0.6 is 0 Å². The van der Waals surface area contributed by atoms with Crippen LogP contribution in [0.25, 0.3) is 0 Å². The van der Waals surface area contributed by atoms with E-state index in [1.807, 2.05) is 4.90 Å². The standard InChI is InChI=1S/C12H23N3O/c1-2-11-9-15(12(16)14-11)7-5-10-4-3-6-13-8-10/h10-11,13H,2-9H2,1H3,(H,14,16). The van der Waals surface area contributed by atoms with Crippen LogP contribution in [0.1, 0.15) is 32.6 Å². The predicted octanol–water partition coefficient (Wildman–Crippen LogP) is 1.18. The maximum absolute atomic E-state index is 11.6. The Balaban J connectivity index is 1.71. The number of nitrogens with zero attached hydrogens (tertiary/aromatic N) is 1. The molecule has 2 atom stereocenters. The summed E-state index contributed by atoms with van der Waals surface area (Å²) in [5, 5.41) is 6.44. The minimum atomic E-state index is 0.135. The van der Waals surface area contributed by atoms with Crippen molar-refractivity contribution >= 4 is 6.03 Å². The summed E-state index contributed by atoms with van der Waals surface area (Å²) in [5.41, 5.74) is 0. The second kappa shape index (κ2) is 5.53. The molecule has 2 aliphatic rings. The van der Waals surface area contributed by atoms with Crippen LogP contribution in [-0.4, -0.2) is 43.2 Å². The highest BCUT2D eigenvalue weighted by molar-refractivity contribution is 5.76. The minimum absolute atomic E-state index is 0.135. The van der Waals surface area contributed by atoms with Gasteiger partial charge >= 0.3 is 6.03 Å². The molecule has 4 nitrogen and oxygen atoms in total. The van der Waals surface area contributed by atoms with Crippen molar-refractivity contribution in [3.05, 3.63) is 0 Å². The van der Waals surface area contributed by atoms with E-state index >= 15 is 0 Å². The number of hydrogen-bond acceptors (Lipinski definition) is 2. The highest BCUT2D eigenvalue weighted by Gasteiger charge is 2.27. The number of carbonyl (C=O) groups is 1. The van der Waals surface area contributed by atoms with Crippen LogP contribution in [0.4, 0.5) is 4.79 Å². The Morgan fingerprint density at radius 3 is 3.00 bits per heavy atom. The maximum Gasteiger partial charge on any atom is 0.317 e. The van der Waals surface area contributed by atoms with Crippen LogP contribution in [0.15, 0.2) is 0 Å². The molecule has 0 aromatic rings. The van der Waals surface area contributed by atoms with Crippen molar-refractivity contribution in [2.45, 2.75) is 38.6 Å². The number of urea groups is 1. The first-order valence-electron chi connectivity index (χ1n) is 6.55. The van der Waals surface area contributed by atoms with Gasteiger partial charge in [-0.05, 0) is 44.7 Å². The molecule has 2 heterocycles. The van der Waals surface area contributed by atoms with E-state index in [0.29, 0.717) is 6.04 Å². The Hall–Kier alpha value is -0.770. The first-order valence-corrected chi connectivity index (χ1v) is 6.55. The highest BCUT2D eigenvalue weighted by Crippen LogP contribution is 2.16. The summed E-state index contributed by atoms with van der Waals surface area (Å²) in [5.74, 6) is 0.766. The lowest BCUT2D eigenvalue weighted by Crippen LogP contribution is -2.34. The molecule has 0 spiro atoms. The van der Waals surface area contributed by atoms with Crippen molar-refractivity contribution in [3.63, 3.8) is 0 Å². The highest BCUT2D eigenvalue weighted by atomic mass is 16.2. The third kappa shape index (κ3) is 2.88. The first-order chi connectivity index (χ1) is 7.79. The van der Waals surface area contributed by atoms with Crippen LogP contribution in [0.3, 0.4) is 0 Å². The van der Waals surface area contributed by atoms with Gasteiger partial charge in [0.1, 0.15) is 0 Å². The fourth-order valence-corrected chi connectivity index (χ4v) is 2.59. The Labute approximate surface area is 97.8 Å². The van der Waals surface area contributed by atoms with Crippen molar-refractivity contribution in [1.82, 2.24) is 15.5 Å². The second-order valence-electron chi connectivity index (χ2n) is 5.00. The molecule has 2 N–H and O–H groups in total. The van der Waals surface area contributed by atoms with Crippen molar-refractivity contribution in [2.24, 2.45) is 5.92 Å². The fourth-order valence-electron chi connectivity index (χ4n) is 2.59. The van der Waals surface area contributed by atoms with Crippen molar-refractivity contribution < 1.29 is 4.79 Å². The summed E-state index contributed by atoms with van der Waals surface area (Å²) in [7, 11) is 0. The number of carbonyl (C=O) groups excluding carboxylic acids is 1. The fraction of sp³-hybridized carbons (Fsp3) is 0.917. The van der Waals surface area contributed by atoms with Gasteiger partial charge in [0.25, 0.3) is 0 Å². The van der Waals surface area contributed by atoms with Gasteiger partial charge in [-0.3, -0.25) is 0 Å². The second-order valence-corrected chi connectivity index (χ2v) is 5.00. The number of rotatable bonds is 4. The van der Waals surface area contributed by atoms with E-state index in [9.17, 15) is 4.79 Å². The summed E-state index contributed by atoms with van der Waals surface area (Å²) < 4.78 is 0. The van der Waals surface area contributed by atoms with Crippen LogP contribution in [0.5, 0.6) is 0 Å². The number of nitrogens with one attached hydrogen (secondary N) is 2. The average molecular weight is 225 g/mol. The summed E-state index contributed by atoms with van der Waals surface area (Å²) in [4.78, 5) is 13.6. The quantitative estimate of drug-likeness (QED) is 0.754. The molecule has 0 saturated carbocycles. The van der Waals surface area contributed by atoms with Crippen LogP contribution in [-0.2, 0) is 0 Å². The molecule has 2 saturated heterocycles. The predicted molar refractivity (Wildman–Crippen MR) is 64.4 cm³/mol. The van der Waals surface area contributed by atoms with Gasteiger partial charge in [0.2, 0.25) is 0 Å². The Bertz CT molecular complexity index is 238. The molecule has 2 rings (SSSR count). The molecule has 0 aromatic heterocycles. The lowest BCUT2D eigenvalue weighted by atomic mass is 9.96. The molecule has 0 aliphatic carbocycles. The normalized spacial score (nSPS) is 30.6. The van der Waals surface area contributed by atoms with Crippen LogP contribution < -0.4 is 10.6 Å². The van der Waals surface area contributed by atoms with E-state index in [-0.39, 0.29) is 6.03 Å². The third-order valence-electron chi connectivity index (χ3n) is 3.75. The molecular weight excluding hydrogens is 202 g/mol. The van der Waals surface area contributed by atoms with Gasteiger partial charge < -0.3 is 15.5 Å². The van der Waals surface area contributed by atoms with Gasteiger partial charge in [-0.1, -0.05) is 6.92 Å². The van der Waals surface area contributed by atoms with Gasteiger partial charge in [-0.15, -0.1) is 0 Å². The Morgan fingerprint density at radius 2 is 2.38 bits per heavy atom.